The number of carbonyl (C=O) groups excluding carboxylic acids is 1. The molecule has 0 radical (unpaired) electrons. The van der Waals surface area contributed by atoms with E-state index in [1.165, 1.54) is 12.8 Å². The lowest BCUT2D eigenvalue weighted by atomic mass is 10.0. The highest BCUT2D eigenvalue weighted by atomic mass is 35.5. The molecule has 0 bridgehead atoms. The summed E-state index contributed by atoms with van der Waals surface area (Å²) in [6.07, 6.45) is 5.57. The Morgan fingerprint density at radius 2 is 1.83 bits per heavy atom. The molecule has 1 atom stereocenters. The van der Waals surface area contributed by atoms with E-state index < -0.39 is 0 Å². The van der Waals surface area contributed by atoms with Crippen LogP contribution in [0.2, 0.25) is 0 Å². The topological polar surface area (TPSA) is 44.4 Å². The minimum absolute atomic E-state index is 0. The maximum absolute atomic E-state index is 12.0. The maximum atomic E-state index is 12.0. The molecule has 18 heavy (non-hydrogen) atoms. The van der Waals surface area contributed by atoms with Crippen molar-refractivity contribution in [2.24, 2.45) is 0 Å². The highest BCUT2D eigenvalue weighted by molar-refractivity contribution is 5.85. The zero-order valence-electron chi connectivity index (χ0n) is 11.0. The largest absolute Gasteiger partial charge is 0.352 e. The Kier molecular flexibility index (Phi) is 8.95. The molecule has 2 aliphatic heterocycles. The fourth-order valence-corrected chi connectivity index (χ4v) is 2.53. The van der Waals surface area contributed by atoms with Gasteiger partial charge in [-0.25, -0.2) is 0 Å². The van der Waals surface area contributed by atoms with Gasteiger partial charge < -0.3 is 15.5 Å². The molecule has 2 saturated heterocycles. The van der Waals surface area contributed by atoms with Gasteiger partial charge in [-0.3, -0.25) is 4.79 Å². The molecule has 108 valence electrons. The molecule has 2 aliphatic rings. The normalized spacial score (nSPS) is 25.7. The third kappa shape index (κ3) is 5.31. The van der Waals surface area contributed by atoms with E-state index in [4.69, 9.17) is 0 Å². The molecular formula is C12H25Cl2N3O. The molecule has 4 nitrogen and oxygen atoms in total. The van der Waals surface area contributed by atoms with Crippen molar-refractivity contribution in [3.63, 3.8) is 0 Å². The average molecular weight is 298 g/mol. The van der Waals surface area contributed by atoms with Gasteiger partial charge in [0, 0.05) is 6.04 Å². The molecule has 0 aliphatic carbocycles. The summed E-state index contributed by atoms with van der Waals surface area (Å²) < 4.78 is 0. The molecule has 0 spiro atoms. The van der Waals surface area contributed by atoms with E-state index in [0.717, 1.165) is 38.9 Å². The second kappa shape index (κ2) is 8.97. The fraction of sp³-hybridized carbons (Fsp3) is 0.917. The van der Waals surface area contributed by atoms with Crippen LogP contribution < -0.4 is 10.6 Å². The molecule has 2 N–H and O–H groups in total. The van der Waals surface area contributed by atoms with E-state index >= 15 is 0 Å². The number of hydrogen-bond donors (Lipinski definition) is 2. The van der Waals surface area contributed by atoms with Crippen molar-refractivity contribution in [1.29, 1.82) is 0 Å². The minimum atomic E-state index is 0. The summed E-state index contributed by atoms with van der Waals surface area (Å²) in [6.45, 7) is 3.19. The molecule has 2 heterocycles. The van der Waals surface area contributed by atoms with Crippen molar-refractivity contribution in [2.75, 3.05) is 26.7 Å². The van der Waals surface area contributed by atoms with Gasteiger partial charge in [-0.15, -0.1) is 24.8 Å². The van der Waals surface area contributed by atoms with E-state index in [0.29, 0.717) is 6.04 Å². The van der Waals surface area contributed by atoms with Crippen molar-refractivity contribution in [2.45, 2.75) is 44.2 Å². The van der Waals surface area contributed by atoms with Gasteiger partial charge in [0.25, 0.3) is 0 Å². The zero-order chi connectivity index (χ0) is 11.4. The summed E-state index contributed by atoms with van der Waals surface area (Å²) >= 11 is 0. The van der Waals surface area contributed by atoms with Crippen LogP contribution in [0.4, 0.5) is 0 Å². The third-order valence-electron chi connectivity index (χ3n) is 3.69. The quantitative estimate of drug-likeness (QED) is 0.805. The Morgan fingerprint density at radius 1 is 1.17 bits per heavy atom. The third-order valence-corrected chi connectivity index (χ3v) is 3.69. The molecule has 0 aromatic carbocycles. The van der Waals surface area contributed by atoms with Gasteiger partial charge in [-0.1, -0.05) is 6.42 Å². The van der Waals surface area contributed by atoms with Crippen LogP contribution in [-0.2, 0) is 4.79 Å². The molecular weight excluding hydrogens is 273 g/mol. The first kappa shape index (κ1) is 18.0. The first-order valence-corrected chi connectivity index (χ1v) is 6.48. The van der Waals surface area contributed by atoms with Crippen LogP contribution in [0.25, 0.3) is 0 Å². The molecule has 0 saturated carbocycles. The zero-order valence-corrected chi connectivity index (χ0v) is 12.6. The Hall–Kier alpha value is -0.0300. The first-order valence-electron chi connectivity index (χ1n) is 6.48. The highest BCUT2D eigenvalue weighted by Crippen LogP contribution is 2.11. The maximum Gasteiger partial charge on any atom is 0.237 e. The number of carbonyl (C=O) groups is 1. The minimum Gasteiger partial charge on any atom is -0.352 e. The van der Waals surface area contributed by atoms with Crippen LogP contribution in [-0.4, -0.2) is 49.6 Å². The average Bonchev–Trinajstić information content (AvgIpc) is 2.33. The Bertz CT molecular complexity index is 239. The Labute approximate surface area is 122 Å². The van der Waals surface area contributed by atoms with Crippen molar-refractivity contribution >= 4 is 30.7 Å². The van der Waals surface area contributed by atoms with Crippen LogP contribution in [0.5, 0.6) is 0 Å². The van der Waals surface area contributed by atoms with E-state index in [-0.39, 0.29) is 36.8 Å². The Balaban J connectivity index is 0.00000144. The summed E-state index contributed by atoms with van der Waals surface area (Å²) in [5.74, 6) is 0.217. The van der Waals surface area contributed by atoms with Crippen molar-refractivity contribution in [3.8, 4) is 0 Å². The SMILES string of the molecule is CN1CCC(NC(=O)[C@@H]2CCCCN2)CC1.Cl.Cl. The van der Waals surface area contributed by atoms with E-state index in [2.05, 4.69) is 22.6 Å². The Morgan fingerprint density at radius 3 is 2.39 bits per heavy atom. The van der Waals surface area contributed by atoms with E-state index in [9.17, 15) is 4.79 Å². The van der Waals surface area contributed by atoms with Gasteiger partial charge in [0.05, 0.1) is 6.04 Å². The number of piperidine rings is 2. The molecule has 2 rings (SSSR count). The molecule has 2 fully saturated rings. The number of nitrogens with zero attached hydrogens (tertiary/aromatic N) is 1. The predicted octanol–water partition coefficient (Wildman–Crippen LogP) is 1.18. The number of halogens is 2. The highest BCUT2D eigenvalue weighted by Gasteiger charge is 2.24. The van der Waals surface area contributed by atoms with Crippen LogP contribution >= 0.6 is 24.8 Å². The van der Waals surface area contributed by atoms with Crippen molar-refractivity contribution in [3.05, 3.63) is 0 Å². The van der Waals surface area contributed by atoms with Crippen LogP contribution in [0, 0.1) is 0 Å². The predicted molar refractivity (Wildman–Crippen MR) is 78.8 cm³/mol. The standard InChI is InChI=1S/C12H23N3O.2ClH/c1-15-8-5-10(6-9-15)14-12(16)11-4-2-3-7-13-11;;/h10-11,13H,2-9H2,1H3,(H,14,16);2*1H/t11-;;/m0../s1. The van der Waals surface area contributed by atoms with Crippen molar-refractivity contribution in [1.82, 2.24) is 15.5 Å². The fourth-order valence-electron chi connectivity index (χ4n) is 2.53. The molecule has 0 unspecified atom stereocenters. The molecule has 0 aromatic rings. The van der Waals surface area contributed by atoms with E-state index in [1.807, 2.05) is 0 Å². The summed E-state index contributed by atoms with van der Waals surface area (Å²) in [7, 11) is 2.14. The van der Waals surface area contributed by atoms with Crippen LogP contribution in [0.3, 0.4) is 0 Å². The van der Waals surface area contributed by atoms with Gasteiger partial charge in [-0.2, -0.15) is 0 Å². The number of rotatable bonds is 2. The van der Waals surface area contributed by atoms with Gasteiger partial charge in [0.1, 0.15) is 0 Å². The smallest absolute Gasteiger partial charge is 0.237 e. The summed E-state index contributed by atoms with van der Waals surface area (Å²) in [6, 6.07) is 0.459. The van der Waals surface area contributed by atoms with Gasteiger partial charge in [0.2, 0.25) is 5.91 Å². The summed E-state index contributed by atoms with van der Waals surface area (Å²) in [5.41, 5.74) is 0. The van der Waals surface area contributed by atoms with E-state index in [1.54, 1.807) is 0 Å². The first-order chi connectivity index (χ1) is 7.75. The lowest BCUT2D eigenvalue weighted by Crippen LogP contribution is -2.51. The lowest BCUT2D eigenvalue weighted by molar-refractivity contribution is -0.124. The van der Waals surface area contributed by atoms with Gasteiger partial charge >= 0.3 is 0 Å². The second-order valence-corrected chi connectivity index (χ2v) is 5.09. The number of hydrogen-bond acceptors (Lipinski definition) is 3. The summed E-state index contributed by atoms with van der Waals surface area (Å²) in [4.78, 5) is 14.3. The second-order valence-electron chi connectivity index (χ2n) is 5.09. The van der Waals surface area contributed by atoms with Gasteiger partial charge in [-0.05, 0) is 52.4 Å². The van der Waals surface area contributed by atoms with Crippen LogP contribution in [0.15, 0.2) is 0 Å². The monoisotopic (exact) mass is 297 g/mol. The molecule has 0 aromatic heterocycles. The van der Waals surface area contributed by atoms with Crippen LogP contribution in [0.1, 0.15) is 32.1 Å². The number of nitrogens with one attached hydrogen (secondary N) is 2. The molecule has 6 heteroatoms. The van der Waals surface area contributed by atoms with Gasteiger partial charge in [0.15, 0.2) is 0 Å². The number of likely N-dealkylation sites (tertiary alicyclic amines) is 1. The lowest BCUT2D eigenvalue weighted by Gasteiger charge is -2.31. The van der Waals surface area contributed by atoms with Crippen molar-refractivity contribution < 1.29 is 4.79 Å². The number of amides is 1. The molecule has 1 amide bonds. The summed E-state index contributed by atoms with van der Waals surface area (Å²) in [5, 5.41) is 6.48.